The summed E-state index contributed by atoms with van der Waals surface area (Å²) in [6.07, 6.45) is -9.84. The summed E-state index contributed by atoms with van der Waals surface area (Å²) in [6, 6.07) is -0.111. The van der Waals surface area contributed by atoms with Crippen LogP contribution >= 0.6 is 11.3 Å². The predicted molar refractivity (Wildman–Crippen MR) is 36.0 cm³/mol. The molecule has 0 aromatic carbocycles. The van der Waals surface area contributed by atoms with Gasteiger partial charge in [-0.05, 0) is 6.07 Å². The summed E-state index contributed by atoms with van der Waals surface area (Å²) < 4.78 is 71.5. The van der Waals surface area contributed by atoms with Crippen LogP contribution in [0.4, 0.5) is 26.3 Å². The standard InChI is InChI=1S/C6H2F6OS/c7-5(8,9)2-1-3(6(10,11)12)14-4(2)13/h1,13H. The Morgan fingerprint density at radius 1 is 1.00 bits per heavy atom. The van der Waals surface area contributed by atoms with Crippen molar-refractivity contribution in [3.8, 4) is 5.06 Å². The van der Waals surface area contributed by atoms with E-state index in [0.717, 1.165) is 0 Å². The summed E-state index contributed by atoms with van der Waals surface area (Å²) in [4.78, 5) is -1.47. The highest BCUT2D eigenvalue weighted by Gasteiger charge is 2.41. The van der Waals surface area contributed by atoms with Gasteiger partial charge >= 0.3 is 12.4 Å². The number of alkyl halides is 6. The van der Waals surface area contributed by atoms with Gasteiger partial charge in [0.1, 0.15) is 10.4 Å². The third-order valence-corrected chi connectivity index (χ3v) is 2.28. The highest BCUT2D eigenvalue weighted by Crippen LogP contribution is 2.45. The lowest BCUT2D eigenvalue weighted by Crippen LogP contribution is -2.05. The Bertz CT molecular complexity index is 335. The number of hydrogen-bond acceptors (Lipinski definition) is 2. The lowest BCUT2D eigenvalue weighted by molar-refractivity contribution is -0.140. The second-order valence-corrected chi connectivity index (χ2v) is 3.36. The van der Waals surface area contributed by atoms with Crippen LogP contribution in [0.5, 0.6) is 5.06 Å². The van der Waals surface area contributed by atoms with E-state index in [4.69, 9.17) is 5.11 Å². The first-order valence-electron chi connectivity index (χ1n) is 3.09. The summed E-state index contributed by atoms with van der Waals surface area (Å²) in [5.41, 5.74) is -1.66. The van der Waals surface area contributed by atoms with Gasteiger partial charge in [-0.15, -0.1) is 0 Å². The normalized spacial score (nSPS) is 13.3. The van der Waals surface area contributed by atoms with Gasteiger partial charge in [0.05, 0.1) is 0 Å². The van der Waals surface area contributed by atoms with Crippen LogP contribution in [0.2, 0.25) is 0 Å². The molecular formula is C6H2F6OS. The predicted octanol–water partition coefficient (Wildman–Crippen LogP) is 3.49. The first kappa shape index (κ1) is 11.2. The second kappa shape index (κ2) is 3.04. The Labute approximate surface area is 77.6 Å². The molecule has 14 heavy (non-hydrogen) atoms. The Hall–Kier alpha value is -0.920. The van der Waals surface area contributed by atoms with Crippen molar-refractivity contribution in [3.05, 3.63) is 16.5 Å². The maximum absolute atomic E-state index is 11.9. The fourth-order valence-corrected chi connectivity index (χ4v) is 1.51. The smallest absolute Gasteiger partial charge is 0.425 e. The first-order chi connectivity index (χ1) is 6.12. The molecule has 0 bridgehead atoms. The Balaban J connectivity index is 3.19. The molecule has 0 fully saturated rings. The largest absolute Gasteiger partial charge is 0.499 e. The van der Waals surface area contributed by atoms with E-state index in [1.165, 1.54) is 0 Å². The van der Waals surface area contributed by atoms with Gasteiger partial charge in [-0.2, -0.15) is 26.3 Å². The molecule has 0 aliphatic rings. The minimum Gasteiger partial charge on any atom is -0.499 e. The molecule has 0 spiro atoms. The Morgan fingerprint density at radius 2 is 1.50 bits per heavy atom. The monoisotopic (exact) mass is 236 g/mol. The van der Waals surface area contributed by atoms with E-state index in [0.29, 0.717) is 0 Å². The molecule has 1 N–H and O–H groups in total. The lowest BCUT2D eigenvalue weighted by Gasteiger charge is -2.03. The van der Waals surface area contributed by atoms with Crippen LogP contribution in [0.3, 0.4) is 0 Å². The molecule has 0 atom stereocenters. The molecule has 1 aromatic rings. The van der Waals surface area contributed by atoms with Crippen molar-refractivity contribution < 1.29 is 31.4 Å². The summed E-state index contributed by atoms with van der Waals surface area (Å²) in [6.45, 7) is 0. The van der Waals surface area contributed by atoms with Gasteiger partial charge in [0, 0.05) is 0 Å². The van der Waals surface area contributed by atoms with E-state index in [-0.39, 0.29) is 17.4 Å². The topological polar surface area (TPSA) is 20.2 Å². The van der Waals surface area contributed by atoms with Crippen molar-refractivity contribution in [2.24, 2.45) is 0 Å². The molecule has 1 heterocycles. The van der Waals surface area contributed by atoms with Crippen LogP contribution < -0.4 is 0 Å². The molecule has 1 rings (SSSR count). The molecule has 0 radical (unpaired) electrons. The molecule has 0 aliphatic carbocycles. The maximum atomic E-state index is 11.9. The molecule has 0 amide bonds. The molecular weight excluding hydrogens is 234 g/mol. The Kier molecular flexibility index (Phi) is 2.42. The molecule has 0 aliphatic heterocycles. The molecule has 8 heteroatoms. The first-order valence-corrected chi connectivity index (χ1v) is 3.91. The van der Waals surface area contributed by atoms with E-state index in [1.54, 1.807) is 0 Å². The summed E-state index contributed by atoms with van der Waals surface area (Å²) in [5, 5.41) is 7.26. The van der Waals surface area contributed by atoms with Crippen LogP contribution in [0.15, 0.2) is 6.07 Å². The maximum Gasteiger partial charge on any atom is 0.425 e. The average Bonchev–Trinajstić information content (AvgIpc) is 2.27. The van der Waals surface area contributed by atoms with Gasteiger partial charge in [0.15, 0.2) is 5.06 Å². The van der Waals surface area contributed by atoms with Crippen LogP contribution in [-0.2, 0) is 12.4 Å². The van der Waals surface area contributed by atoms with E-state index in [2.05, 4.69) is 0 Å². The zero-order valence-corrected chi connectivity index (χ0v) is 7.02. The zero-order chi connectivity index (χ0) is 11.1. The van der Waals surface area contributed by atoms with Crippen molar-refractivity contribution in [1.29, 1.82) is 0 Å². The van der Waals surface area contributed by atoms with Crippen molar-refractivity contribution in [2.45, 2.75) is 12.4 Å². The van der Waals surface area contributed by atoms with Gasteiger partial charge in [-0.25, -0.2) is 0 Å². The zero-order valence-electron chi connectivity index (χ0n) is 6.20. The van der Waals surface area contributed by atoms with Crippen molar-refractivity contribution in [2.75, 3.05) is 0 Å². The van der Waals surface area contributed by atoms with Gasteiger partial charge in [0.2, 0.25) is 0 Å². The lowest BCUT2D eigenvalue weighted by atomic mass is 10.3. The van der Waals surface area contributed by atoms with Crippen molar-refractivity contribution >= 4 is 11.3 Å². The third-order valence-electron chi connectivity index (χ3n) is 1.30. The van der Waals surface area contributed by atoms with Crippen molar-refractivity contribution in [1.82, 2.24) is 0 Å². The number of hydrogen-bond donors (Lipinski definition) is 1. The Morgan fingerprint density at radius 3 is 1.71 bits per heavy atom. The van der Waals surface area contributed by atoms with Gasteiger partial charge < -0.3 is 5.11 Å². The molecule has 0 saturated carbocycles. The van der Waals surface area contributed by atoms with E-state index >= 15 is 0 Å². The second-order valence-electron chi connectivity index (χ2n) is 2.32. The molecule has 0 unspecified atom stereocenters. The molecule has 1 aromatic heterocycles. The van der Waals surface area contributed by atoms with Crippen LogP contribution in [0.1, 0.15) is 10.4 Å². The number of thiophene rings is 1. The van der Waals surface area contributed by atoms with Gasteiger partial charge in [-0.1, -0.05) is 11.3 Å². The van der Waals surface area contributed by atoms with E-state index in [1.807, 2.05) is 0 Å². The molecule has 0 saturated heterocycles. The van der Waals surface area contributed by atoms with Crippen LogP contribution in [-0.4, -0.2) is 5.11 Å². The summed E-state index contributed by atoms with van der Waals surface area (Å²) >= 11 is -0.341. The third kappa shape index (κ3) is 2.11. The average molecular weight is 236 g/mol. The highest BCUT2D eigenvalue weighted by atomic mass is 32.1. The highest BCUT2D eigenvalue weighted by molar-refractivity contribution is 7.14. The summed E-state index contributed by atoms with van der Waals surface area (Å²) in [7, 11) is 0. The minimum atomic E-state index is -4.97. The fourth-order valence-electron chi connectivity index (χ4n) is 0.724. The SMILES string of the molecule is Oc1sc(C(F)(F)F)cc1C(F)(F)F. The quantitative estimate of drug-likeness (QED) is 0.683. The van der Waals surface area contributed by atoms with Gasteiger partial charge in [0.25, 0.3) is 0 Å². The number of halogens is 6. The van der Waals surface area contributed by atoms with E-state index in [9.17, 15) is 26.3 Å². The van der Waals surface area contributed by atoms with Crippen LogP contribution in [0.25, 0.3) is 0 Å². The molecule has 1 nitrogen and oxygen atoms in total. The molecule has 80 valence electrons. The van der Waals surface area contributed by atoms with Crippen LogP contribution in [0, 0.1) is 0 Å². The fraction of sp³-hybridized carbons (Fsp3) is 0.333. The van der Waals surface area contributed by atoms with Crippen molar-refractivity contribution in [3.63, 3.8) is 0 Å². The summed E-state index contributed by atoms with van der Waals surface area (Å²) in [5.74, 6) is 0. The number of rotatable bonds is 0. The minimum absolute atomic E-state index is 0.111. The van der Waals surface area contributed by atoms with E-state index < -0.39 is 27.9 Å². The van der Waals surface area contributed by atoms with Gasteiger partial charge in [-0.3, -0.25) is 0 Å². The number of aromatic hydroxyl groups is 1.